The number of thiazole rings is 2. The van der Waals surface area contributed by atoms with Crippen LogP contribution >= 0.6 is 45.9 Å². The molecule has 0 spiro atoms. The highest BCUT2D eigenvalue weighted by Crippen LogP contribution is 2.32. The van der Waals surface area contributed by atoms with E-state index in [0.29, 0.717) is 52.7 Å². The molecule has 4 heterocycles. The van der Waals surface area contributed by atoms with Crippen molar-refractivity contribution < 1.29 is 23.7 Å². The molecule has 13 nitrogen and oxygen atoms in total. The number of nitrogens with zero attached hydrogens (tertiary/aromatic N) is 6. The number of carboxylic acid groups (broad SMARTS) is 1. The Morgan fingerprint density at radius 3 is 1.52 bits per heavy atom. The molecule has 1 amide bonds. The number of aromatic nitrogens is 6. The lowest BCUT2D eigenvalue weighted by atomic mass is 9.90. The van der Waals surface area contributed by atoms with Crippen LogP contribution < -0.4 is 11.1 Å². The average molecular weight is 924 g/mol. The number of halogens is 2. The lowest BCUT2D eigenvalue weighted by Crippen LogP contribution is -2.36. The molecule has 4 N–H and O–H groups in total. The fourth-order valence-electron chi connectivity index (χ4n) is 5.64. The van der Waals surface area contributed by atoms with E-state index in [1.165, 1.54) is 12.1 Å². The Kier molecular flexibility index (Phi) is 15.0. The van der Waals surface area contributed by atoms with Gasteiger partial charge in [0.05, 0.1) is 17.0 Å². The van der Waals surface area contributed by atoms with E-state index in [0.717, 1.165) is 43.1 Å². The summed E-state index contributed by atoms with van der Waals surface area (Å²) < 4.78 is 9.84. The van der Waals surface area contributed by atoms with Crippen LogP contribution in [0.25, 0.3) is 43.9 Å². The molecule has 4 aromatic carbocycles. The van der Waals surface area contributed by atoms with Crippen molar-refractivity contribution in [1.82, 2.24) is 35.6 Å². The maximum absolute atomic E-state index is 12.8. The van der Waals surface area contributed by atoms with Crippen molar-refractivity contribution >= 4 is 57.8 Å². The fourth-order valence-corrected chi connectivity index (χ4v) is 7.93. The maximum Gasteiger partial charge on any atom is 0.335 e. The van der Waals surface area contributed by atoms with Crippen LogP contribution in [0, 0.1) is 13.8 Å². The van der Waals surface area contributed by atoms with Crippen molar-refractivity contribution in [2.45, 2.75) is 52.4 Å². The normalized spacial score (nSPS) is 11.3. The smallest absolute Gasteiger partial charge is 0.335 e. The first-order valence-corrected chi connectivity index (χ1v) is 22.0. The van der Waals surface area contributed by atoms with Crippen LogP contribution in [0.3, 0.4) is 0 Å². The number of rotatable bonds is 11. The van der Waals surface area contributed by atoms with Gasteiger partial charge in [0.1, 0.15) is 10.0 Å². The number of nitrogens with two attached hydrogens (primary N) is 1. The van der Waals surface area contributed by atoms with Gasteiger partial charge in [-0.3, -0.25) is 4.79 Å². The molecular formula is C46H44Cl2N8O5S2. The summed E-state index contributed by atoms with van der Waals surface area (Å²) in [5, 5.41) is 26.9. The van der Waals surface area contributed by atoms with E-state index in [4.69, 9.17) is 48.1 Å². The van der Waals surface area contributed by atoms with E-state index in [2.05, 4.69) is 63.7 Å². The van der Waals surface area contributed by atoms with Crippen LogP contribution in [0.4, 0.5) is 0 Å². The fraction of sp³-hybridized carbons (Fsp3) is 0.217. The summed E-state index contributed by atoms with van der Waals surface area (Å²) in [5.74, 6) is 0.652. The molecule has 324 valence electrons. The summed E-state index contributed by atoms with van der Waals surface area (Å²) in [4.78, 5) is 41.1. The zero-order chi connectivity index (χ0) is 45.3. The van der Waals surface area contributed by atoms with Crippen LogP contribution in [-0.4, -0.2) is 60.3 Å². The average Bonchev–Trinajstić information content (AvgIpc) is 4.13. The number of hydrogen-bond donors (Lipinski definition) is 3. The van der Waals surface area contributed by atoms with Gasteiger partial charge in [-0.05, 0) is 48.5 Å². The minimum absolute atomic E-state index is 0.0683. The molecule has 8 aromatic rings. The lowest BCUT2D eigenvalue weighted by Gasteiger charge is -2.23. The Morgan fingerprint density at radius 1 is 0.651 bits per heavy atom. The number of benzene rings is 4. The van der Waals surface area contributed by atoms with Gasteiger partial charge in [-0.15, -0.1) is 22.7 Å². The lowest BCUT2D eigenvalue weighted by molar-refractivity contribution is 0.0696. The molecule has 0 aliphatic rings. The van der Waals surface area contributed by atoms with E-state index < -0.39 is 5.97 Å². The Hall–Kier alpha value is -6.10. The van der Waals surface area contributed by atoms with Crippen molar-refractivity contribution in [2.24, 2.45) is 5.73 Å². The van der Waals surface area contributed by atoms with Crippen molar-refractivity contribution in [3.05, 3.63) is 152 Å². The number of carbonyl (C=O) groups excluding carboxylic acids is 1. The second-order valence-corrected chi connectivity index (χ2v) is 18.1. The number of hydrogen-bond acceptors (Lipinski definition) is 13. The quantitative estimate of drug-likeness (QED) is 0.111. The molecule has 0 fully saturated rings. The third-order valence-corrected chi connectivity index (χ3v) is 11.9. The number of nitrogens with one attached hydrogen (secondary N) is 1. The van der Waals surface area contributed by atoms with Crippen molar-refractivity contribution in [3.63, 3.8) is 0 Å². The number of amides is 1. The summed E-state index contributed by atoms with van der Waals surface area (Å²) >= 11 is 15.1. The van der Waals surface area contributed by atoms with E-state index in [1.54, 1.807) is 66.9 Å². The van der Waals surface area contributed by atoms with Gasteiger partial charge < -0.3 is 25.2 Å². The molecular weight excluding hydrogens is 880 g/mol. The third kappa shape index (κ3) is 12.3. The van der Waals surface area contributed by atoms with Crippen molar-refractivity contribution in [3.8, 4) is 43.9 Å². The van der Waals surface area contributed by atoms with Gasteiger partial charge in [0, 0.05) is 86.4 Å². The molecule has 17 heteroatoms. The van der Waals surface area contributed by atoms with Gasteiger partial charge in [0.15, 0.2) is 0 Å². The van der Waals surface area contributed by atoms with Crippen molar-refractivity contribution in [2.75, 3.05) is 13.1 Å². The largest absolute Gasteiger partial charge is 0.478 e. The highest BCUT2D eigenvalue weighted by Gasteiger charge is 2.26. The molecule has 0 saturated carbocycles. The Bertz CT molecular complexity index is 2800. The molecule has 0 saturated heterocycles. The van der Waals surface area contributed by atoms with Gasteiger partial charge in [-0.25, -0.2) is 14.8 Å². The number of carbonyl (C=O) groups is 2. The first kappa shape index (κ1) is 46.4. The van der Waals surface area contributed by atoms with E-state index >= 15 is 0 Å². The zero-order valence-electron chi connectivity index (χ0n) is 35.2. The molecule has 0 unspecified atom stereocenters. The topological polar surface area (TPSA) is 196 Å². The Morgan fingerprint density at radius 2 is 1.10 bits per heavy atom. The van der Waals surface area contributed by atoms with E-state index in [-0.39, 0.29) is 22.3 Å². The Labute approximate surface area is 382 Å². The van der Waals surface area contributed by atoms with Gasteiger partial charge in [-0.1, -0.05) is 110 Å². The number of aromatic carboxylic acids is 1. The number of carboxylic acids is 1. The SMILES string of the molecule is CC(C)(CN)c1csc(-c2ccc(Cl)cc2)n1.Cc1nc(-c2cccc(C(=O)NCC(C)(C)c3csc(-c4ccc(Cl)cc4)n3)c2)no1.Cc1nc(-c2cccc(C(=O)O)c2)no1. The Balaban J connectivity index is 0.000000174. The monoisotopic (exact) mass is 922 g/mol. The summed E-state index contributed by atoms with van der Waals surface area (Å²) in [6.07, 6.45) is 0. The van der Waals surface area contributed by atoms with Gasteiger partial charge in [0.25, 0.3) is 5.91 Å². The predicted octanol–water partition coefficient (Wildman–Crippen LogP) is 11.0. The standard InChI is InChI=1S/C23H21ClN4O2S.C13H15ClN2S.C10H8N2O3/c1-14-26-20(28-30-14)16-5-4-6-17(11-16)21(29)25-13-23(2,3)19-12-31-22(27-19)15-7-9-18(24)10-8-15;1-13(2,8-15)11-7-17-12(16-11)9-3-5-10(14)6-4-9;1-6-11-9(12-15-6)7-3-2-4-8(5-7)10(13)14/h4-12H,13H2,1-3H3,(H,25,29);3-7H,8,15H2,1-2H3;2-5H,1H3,(H,13,14). The zero-order valence-corrected chi connectivity index (χ0v) is 38.4. The molecule has 0 radical (unpaired) electrons. The van der Waals surface area contributed by atoms with E-state index in [1.807, 2.05) is 60.0 Å². The summed E-state index contributed by atoms with van der Waals surface area (Å²) in [5.41, 5.74) is 11.6. The molecule has 8 rings (SSSR count). The van der Waals surface area contributed by atoms with Crippen LogP contribution in [0.15, 0.2) is 117 Å². The van der Waals surface area contributed by atoms with Gasteiger partial charge in [-0.2, -0.15) is 9.97 Å². The predicted molar refractivity (Wildman–Crippen MR) is 248 cm³/mol. The highest BCUT2D eigenvalue weighted by molar-refractivity contribution is 7.13. The van der Waals surface area contributed by atoms with Gasteiger partial charge >= 0.3 is 5.97 Å². The second-order valence-electron chi connectivity index (χ2n) is 15.5. The van der Waals surface area contributed by atoms with E-state index in [9.17, 15) is 9.59 Å². The number of aryl methyl sites for hydroxylation is 2. The molecule has 0 bridgehead atoms. The molecule has 0 atom stereocenters. The van der Waals surface area contributed by atoms with Crippen LogP contribution in [0.5, 0.6) is 0 Å². The van der Waals surface area contributed by atoms with Crippen LogP contribution in [0.1, 0.15) is 71.6 Å². The molecule has 0 aliphatic carbocycles. The molecule has 4 aromatic heterocycles. The third-order valence-electron chi connectivity index (χ3n) is 9.58. The maximum atomic E-state index is 12.8. The highest BCUT2D eigenvalue weighted by atomic mass is 35.5. The summed E-state index contributed by atoms with van der Waals surface area (Å²) in [7, 11) is 0. The van der Waals surface area contributed by atoms with Crippen LogP contribution in [0.2, 0.25) is 10.0 Å². The first-order chi connectivity index (χ1) is 30.0. The minimum Gasteiger partial charge on any atom is -0.478 e. The van der Waals surface area contributed by atoms with Crippen LogP contribution in [-0.2, 0) is 10.8 Å². The summed E-state index contributed by atoms with van der Waals surface area (Å²) in [6, 6.07) is 28.9. The first-order valence-electron chi connectivity index (χ1n) is 19.5. The second kappa shape index (κ2) is 20.4. The van der Waals surface area contributed by atoms with Crippen molar-refractivity contribution in [1.29, 1.82) is 0 Å². The molecule has 63 heavy (non-hydrogen) atoms. The molecule has 0 aliphatic heterocycles. The summed E-state index contributed by atoms with van der Waals surface area (Å²) in [6.45, 7) is 12.8. The van der Waals surface area contributed by atoms with Gasteiger partial charge in [0.2, 0.25) is 23.4 Å². The minimum atomic E-state index is -0.975.